The lowest BCUT2D eigenvalue weighted by atomic mass is 10.1. The Morgan fingerprint density at radius 3 is 2.71 bits per heavy atom. The van der Waals surface area contributed by atoms with Crippen molar-refractivity contribution in [2.75, 3.05) is 25.6 Å². The highest BCUT2D eigenvalue weighted by molar-refractivity contribution is 6.06. The number of hydrogen-bond acceptors (Lipinski definition) is 5. The summed E-state index contributed by atoms with van der Waals surface area (Å²) in [5.41, 5.74) is 0.921. The number of carboxylic acids is 1. The van der Waals surface area contributed by atoms with Crippen molar-refractivity contribution in [2.45, 2.75) is 12.5 Å². The molecule has 0 aliphatic carbocycles. The van der Waals surface area contributed by atoms with Gasteiger partial charge < -0.3 is 24.6 Å². The van der Waals surface area contributed by atoms with E-state index < -0.39 is 11.9 Å². The van der Waals surface area contributed by atoms with Crippen LogP contribution in [0.2, 0.25) is 0 Å². The Bertz CT molecular complexity index is 888. The summed E-state index contributed by atoms with van der Waals surface area (Å²) in [6.45, 7) is 1.14. The third kappa shape index (κ3) is 4.69. The fourth-order valence-corrected chi connectivity index (χ4v) is 2.69. The third-order valence-corrected chi connectivity index (χ3v) is 4.27. The summed E-state index contributed by atoms with van der Waals surface area (Å²) in [5.74, 6) is -0.486. The number of aromatic carboxylic acids is 1. The second-order valence-corrected chi connectivity index (χ2v) is 6.14. The first-order valence-electron chi connectivity index (χ1n) is 8.81. The van der Waals surface area contributed by atoms with Crippen LogP contribution < -0.4 is 14.8 Å². The van der Waals surface area contributed by atoms with E-state index in [2.05, 4.69) is 5.32 Å². The predicted molar refractivity (Wildman–Crippen MR) is 104 cm³/mol. The number of amides is 1. The number of anilines is 1. The monoisotopic (exact) mass is 383 g/mol. The lowest BCUT2D eigenvalue weighted by Crippen LogP contribution is -2.32. The number of methoxy groups -OCH3 is 1. The van der Waals surface area contributed by atoms with Crippen LogP contribution in [0.25, 0.3) is 6.08 Å². The number of nitrogens with one attached hydrogen (secondary N) is 1. The van der Waals surface area contributed by atoms with Crippen LogP contribution in [0.5, 0.6) is 11.5 Å². The van der Waals surface area contributed by atoms with E-state index >= 15 is 0 Å². The summed E-state index contributed by atoms with van der Waals surface area (Å²) in [6, 6.07) is 11.6. The van der Waals surface area contributed by atoms with Crippen molar-refractivity contribution >= 4 is 23.6 Å². The van der Waals surface area contributed by atoms with Crippen LogP contribution in [0.1, 0.15) is 22.3 Å². The van der Waals surface area contributed by atoms with Gasteiger partial charge in [0.2, 0.25) is 5.91 Å². The highest BCUT2D eigenvalue weighted by Gasteiger charge is 2.20. The lowest BCUT2D eigenvalue weighted by molar-refractivity contribution is -0.111. The highest BCUT2D eigenvalue weighted by atomic mass is 16.6. The Morgan fingerprint density at radius 2 is 2.04 bits per heavy atom. The van der Waals surface area contributed by atoms with Gasteiger partial charge in [-0.3, -0.25) is 4.79 Å². The largest absolute Gasteiger partial charge is 0.493 e. The molecule has 146 valence electrons. The number of benzene rings is 2. The highest BCUT2D eigenvalue weighted by Crippen LogP contribution is 2.32. The fourth-order valence-electron chi connectivity index (χ4n) is 2.69. The van der Waals surface area contributed by atoms with Crippen LogP contribution >= 0.6 is 0 Å². The van der Waals surface area contributed by atoms with Gasteiger partial charge in [-0.05, 0) is 24.3 Å². The summed E-state index contributed by atoms with van der Waals surface area (Å²) >= 11 is 0. The third-order valence-electron chi connectivity index (χ3n) is 4.27. The number of ether oxygens (including phenoxy) is 3. The van der Waals surface area contributed by atoms with Gasteiger partial charge in [0.1, 0.15) is 6.61 Å². The molecule has 0 bridgehead atoms. The Kier molecular flexibility index (Phi) is 6.29. The van der Waals surface area contributed by atoms with Crippen molar-refractivity contribution < 1.29 is 28.9 Å². The van der Waals surface area contributed by atoms with Crippen LogP contribution in [0.4, 0.5) is 5.69 Å². The van der Waals surface area contributed by atoms with E-state index in [0.717, 1.165) is 13.0 Å². The van der Waals surface area contributed by atoms with Gasteiger partial charge in [-0.25, -0.2) is 4.79 Å². The standard InChI is InChI=1S/C21H21NO6/c1-26-18-8-4-5-14(20(18)28-13-15-11-12-27-15)9-10-19(23)22-17-7-3-2-6-16(17)21(24)25/h2-10,15H,11-13H2,1H3,(H,22,23)(H,24,25)/b10-9+. The van der Waals surface area contributed by atoms with Gasteiger partial charge in [-0.2, -0.15) is 0 Å². The number of carbonyl (C=O) groups excluding carboxylic acids is 1. The number of para-hydroxylation sites is 2. The molecule has 7 nitrogen and oxygen atoms in total. The van der Waals surface area contributed by atoms with E-state index in [1.54, 1.807) is 43.5 Å². The van der Waals surface area contributed by atoms with E-state index in [0.29, 0.717) is 23.7 Å². The van der Waals surface area contributed by atoms with Crippen LogP contribution in [0, 0.1) is 0 Å². The van der Waals surface area contributed by atoms with Crippen molar-refractivity contribution in [3.05, 3.63) is 59.7 Å². The molecule has 2 aromatic rings. The van der Waals surface area contributed by atoms with Crippen molar-refractivity contribution in [1.29, 1.82) is 0 Å². The molecule has 1 unspecified atom stereocenters. The van der Waals surface area contributed by atoms with E-state index in [9.17, 15) is 14.7 Å². The molecular formula is C21H21NO6. The molecule has 0 saturated carbocycles. The van der Waals surface area contributed by atoms with Crippen molar-refractivity contribution in [3.8, 4) is 11.5 Å². The van der Waals surface area contributed by atoms with Gasteiger partial charge in [0, 0.05) is 24.7 Å². The first-order chi connectivity index (χ1) is 13.6. The molecule has 1 heterocycles. The van der Waals surface area contributed by atoms with Crippen LogP contribution in [0.3, 0.4) is 0 Å². The molecule has 0 spiro atoms. The molecule has 28 heavy (non-hydrogen) atoms. The second kappa shape index (κ2) is 9.05. The number of hydrogen-bond donors (Lipinski definition) is 2. The van der Waals surface area contributed by atoms with Crippen molar-refractivity contribution in [2.24, 2.45) is 0 Å². The first kappa shape index (κ1) is 19.4. The Labute approximate surface area is 162 Å². The fraction of sp³-hybridized carbons (Fsp3) is 0.238. The maximum Gasteiger partial charge on any atom is 0.337 e. The average Bonchev–Trinajstić information content (AvgIpc) is 2.65. The molecule has 1 fully saturated rings. The summed E-state index contributed by atoms with van der Waals surface area (Å²) < 4.78 is 16.6. The van der Waals surface area contributed by atoms with E-state index in [4.69, 9.17) is 14.2 Å². The molecule has 0 aromatic heterocycles. The Balaban J connectivity index is 1.74. The van der Waals surface area contributed by atoms with Gasteiger partial charge in [0.15, 0.2) is 11.5 Å². The molecule has 7 heteroatoms. The van der Waals surface area contributed by atoms with E-state index in [1.807, 2.05) is 0 Å². The molecular weight excluding hydrogens is 362 g/mol. The summed E-state index contributed by atoms with van der Waals surface area (Å²) in [5, 5.41) is 11.8. The molecule has 2 N–H and O–H groups in total. The molecule has 0 radical (unpaired) electrons. The molecule has 1 amide bonds. The summed E-state index contributed by atoms with van der Waals surface area (Å²) in [7, 11) is 1.55. The van der Waals surface area contributed by atoms with Crippen molar-refractivity contribution in [3.63, 3.8) is 0 Å². The van der Waals surface area contributed by atoms with E-state index in [-0.39, 0.29) is 17.4 Å². The minimum absolute atomic E-state index is 0.0233. The van der Waals surface area contributed by atoms with Crippen LogP contribution in [0.15, 0.2) is 48.5 Å². The van der Waals surface area contributed by atoms with Gasteiger partial charge in [0.05, 0.1) is 24.5 Å². The second-order valence-electron chi connectivity index (χ2n) is 6.14. The van der Waals surface area contributed by atoms with Crippen molar-refractivity contribution in [1.82, 2.24) is 0 Å². The molecule has 2 aromatic carbocycles. The topological polar surface area (TPSA) is 94.1 Å². The minimum Gasteiger partial charge on any atom is -0.493 e. The molecule has 1 aliphatic heterocycles. The quantitative estimate of drug-likeness (QED) is 0.680. The Morgan fingerprint density at radius 1 is 1.25 bits per heavy atom. The first-order valence-corrected chi connectivity index (χ1v) is 8.81. The number of carboxylic acid groups (broad SMARTS) is 1. The molecule has 1 aliphatic rings. The molecule has 1 atom stereocenters. The summed E-state index contributed by atoms with van der Waals surface area (Å²) in [4.78, 5) is 23.5. The van der Waals surface area contributed by atoms with Gasteiger partial charge in [-0.1, -0.05) is 24.3 Å². The number of rotatable bonds is 8. The average molecular weight is 383 g/mol. The number of carbonyl (C=O) groups is 2. The summed E-state index contributed by atoms with van der Waals surface area (Å²) in [6.07, 6.45) is 3.93. The lowest BCUT2D eigenvalue weighted by Gasteiger charge is -2.26. The zero-order valence-corrected chi connectivity index (χ0v) is 15.4. The van der Waals surface area contributed by atoms with Gasteiger partial charge >= 0.3 is 5.97 Å². The predicted octanol–water partition coefficient (Wildman–Crippen LogP) is 3.21. The van der Waals surface area contributed by atoms with Gasteiger partial charge in [0.25, 0.3) is 0 Å². The SMILES string of the molecule is COc1cccc(/C=C/C(=O)Nc2ccccc2C(=O)O)c1OCC1CCO1. The maximum atomic E-state index is 12.3. The smallest absolute Gasteiger partial charge is 0.337 e. The van der Waals surface area contributed by atoms with E-state index in [1.165, 1.54) is 18.2 Å². The normalized spacial score (nSPS) is 15.7. The molecule has 3 rings (SSSR count). The zero-order chi connectivity index (χ0) is 19.9. The zero-order valence-electron chi connectivity index (χ0n) is 15.4. The van der Waals surface area contributed by atoms with Gasteiger partial charge in [-0.15, -0.1) is 0 Å². The molecule has 1 saturated heterocycles. The minimum atomic E-state index is -1.11. The van der Waals surface area contributed by atoms with Crippen LogP contribution in [-0.4, -0.2) is 43.4 Å². The maximum absolute atomic E-state index is 12.3. The Hall–Kier alpha value is -3.32. The van der Waals surface area contributed by atoms with Crippen LogP contribution in [-0.2, 0) is 9.53 Å².